The first-order chi connectivity index (χ1) is 14.4. The van der Waals surface area contributed by atoms with Crippen molar-refractivity contribution in [2.45, 2.75) is 48.6 Å². The molecule has 3 fully saturated rings. The van der Waals surface area contributed by atoms with Gasteiger partial charge in [-0.25, -0.2) is 12.8 Å². The van der Waals surface area contributed by atoms with Crippen molar-refractivity contribution in [2.24, 2.45) is 5.92 Å². The molecule has 164 valence electrons. The number of rotatable bonds is 5. The lowest BCUT2D eigenvalue weighted by atomic mass is 9.88. The highest BCUT2D eigenvalue weighted by molar-refractivity contribution is 7.89. The molecule has 1 aromatic rings. The smallest absolute Gasteiger partial charge is 0.243 e. The van der Waals surface area contributed by atoms with E-state index in [9.17, 15) is 12.8 Å². The van der Waals surface area contributed by atoms with Crippen molar-refractivity contribution in [1.29, 1.82) is 5.26 Å². The molecule has 3 saturated heterocycles. The molecule has 1 N–H and O–H groups in total. The zero-order valence-corrected chi connectivity index (χ0v) is 17.8. The minimum atomic E-state index is -3.76. The molecule has 30 heavy (non-hydrogen) atoms. The lowest BCUT2D eigenvalue weighted by Crippen LogP contribution is -2.47. The molecule has 0 radical (unpaired) electrons. The van der Waals surface area contributed by atoms with E-state index in [0.717, 1.165) is 51.2 Å². The zero-order valence-electron chi connectivity index (χ0n) is 17.0. The molecule has 9 heteroatoms. The summed E-state index contributed by atoms with van der Waals surface area (Å²) in [5, 5.41) is 12.6. The van der Waals surface area contributed by atoms with E-state index in [2.05, 4.69) is 5.32 Å². The number of sulfonamides is 1. The van der Waals surface area contributed by atoms with Crippen LogP contribution in [-0.4, -0.2) is 63.8 Å². The van der Waals surface area contributed by atoms with Crippen LogP contribution in [0.2, 0.25) is 0 Å². The normalized spacial score (nSPS) is 25.4. The van der Waals surface area contributed by atoms with Gasteiger partial charge in [-0.15, -0.1) is 0 Å². The standard InChI is InChI=1S/C21H28FN3O4S/c22-20-2-1-19(11-17(20)13-23)30(26,27)25-7-5-21(6-8-25)12-18(15-29-21)24-14-16-3-9-28-10-4-16/h1-2,11,16,18,24H,3-10,12,14-15H2. The summed E-state index contributed by atoms with van der Waals surface area (Å²) < 4.78 is 52.4. The number of nitriles is 1. The van der Waals surface area contributed by atoms with E-state index < -0.39 is 15.8 Å². The molecule has 1 aromatic carbocycles. The van der Waals surface area contributed by atoms with Gasteiger partial charge in [0, 0.05) is 32.3 Å². The van der Waals surface area contributed by atoms with Crippen LogP contribution in [0, 0.1) is 23.1 Å². The highest BCUT2D eigenvalue weighted by Gasteiger charge is 2.44. The van der Waals surface area contributed by atoms with Crippen LogP contribution >= 0.6 is 0 Å². The topological polar surface area (TPSA) is 91.7 Å². The van der Waals surface area contributed by atoms with E-state index in [4.69, 9.17) is 14.7 Å². The molecule has 7 nitrogen and oxygen atoms in total. The highest BCUT2D eigenvalue weighted by atomic mass is 32.2. The summed E-state index contributed by atoms with van der Waals surface area (Å²) in [4.78, 5) is -0.0419. The van der Waals surface area contributed by atoms with Gasteiger partial charge in [-0.05, 0) is 62.8 Å². The third-order valence-corrected chi connectivity index (χ3v) is 8.47. The Morgan fingerprint density at radius 3 is 2.70 bits per heavy atom. The quantitative estimate of drug-likeness (QED) is 0.758. The molecular formula is C21H28FN3O4S. The van der Waals surface area contributed by atoms with Crippen molar-refractivity contribution in [3.05, 3.63) is 29.6 Å². The van der Waals surface area contributed by atoms with E-state index >= 15 is 0 Å². The first-order valence-corrected chi connectivity index (χ1v) is 12.0. The molecule has 3 aliphatic heterocycles. The van der Waals surface area contributed by atoms with Gasteiger partial charge in [0.1, 0.15) is 11.9 Å². The Kier molecular flexibility index (Phi) is 6.42. The second-order valence-corrected chi connectivity index (χ2v) is 10.5. The van der Waals surface area contributed by atoms with Crippen LogP contribution in [0.4, 0.5) is 4.39 Å². The minimum absolute atomic E-state index is 0.0419. The first-order valence-electron chi connectivity index (χ1n) is 10.6. The zero-order chi connectivity index (χ0) is 21.2. The Bertz CT molecular complexity index is 903. The molecule has 0 aromatic heterocycles. The van der Waals surface area contributed by atoms with E-state index in [-0.39, 0.29) is 16.1 Å². The average Bonchev–Trinajstić information content (AvgIpc) is 3.16. The van der Waals surface area contributed by atoms with Crippen molar-refractivity contribution in [2.75, 3.05) is 39.5 Å². The first kappa shape index (κ1) is 21.7. The number of benzene rings is 1. The molecule has 1 unspecified atom stereocenters. The van der Waals surface area contributed by atoms with Crippen LogP contribution in [0.15, 0.2) is 23.1 Å². The maximum Gasteiger partial charge on any atom is 0.243 e. The molecular weight excluding hydrogens is 409 g/mol. The number of hydrogen-bond donors (Lipinski definition) is 1. The number of halogens is 1. The number of nitrogens with one attached hydrogen (secondary N) is 1. The summed E-state index contributed by atoms with van der Waals surface area (Å²) in [5.74, 6) is -0.0657. The molecule has 1 atom stereocenters. The number of hydrogen-bond acceptors (Lipinski definition) is 6. The molecule has 4 rings (SSSR count). The largest absolute Gasteiger partial charge is 0.381 e. The second kappa shape index (κ2) is 8.89. The summed E-state index contributed by atoms with van der Waals surface area (Å²) in [5.41, 5.74) is -0.540. The predicted molar refractivity (Wildman–Crippen MR) is 108 cm³/mol. The van der Waals surface area contributed by atoms with Crippen LogP contribution in [-0.2, 0) is 19.5 Å². The SMILES string of the molecule is N#Cc1cc(S(=O)(=O)N2CCC3(CC2)CC(NCC2CCOCC2)CO3)ccc1F. The van der Waals surface area contributed by atoms with Crippen molar-refractivity contribution < 1.29 is 22.3 Å². The molecule has 0 aliphatic carbocycles. The molecule has 0 bridgehead atoms. The van der Waals surface area contributed by atoms with E-state index in [1.54, 1.807) is 6.07 Å². The van der Waals surface area contributed by atoms with E-state index in [1.165, 1.54) is 10.4 Å². The fraction of sp³-hybridized carbons (Fsp3) is 0.667. The van der Waals surface area contributed by atoms with Crippen molar-refractivity contribution in [1.82, 2.24) is 9.62 Å². The van der Waals surface area contributed by atoms with Crippen molar-refractivity contribution in [3.63, 3.8) is 0 Å². The van der Waals surface area contributed by atoms with Crippen LogP contribution in [0.5, 0.6) is 0 Å². The Labute approximate surface area is 177 Å². The molecule has 1 spiro atoms. The van der Waals surface area contributed by atoms with Gasteiger partial charge in [-0.3, -0.25) is 0 Å². The van der Waals surface area contributed by atoms with E-state index in [1.807, 2.05) is 0 Å². The third-order valence-electron chi connectivity index (χ3n) is 6.57. The Morgan fingerprint density at radius 1 is 1.27 bits per heavy atom. The molecule has 0 amide bonds. The van der Waals surface area contributed by atoms with Crippen molar-refractivity contribution in [3.8, 4) is 6.07 Å². The van der Waals surface area contributed by atoms with Gasteiger partial charge in [-0.2, -0.15) is 9.57 Å². The highest BCUT2D eigenvalue weighted by Crippen LogP contribution is 2.37. The monoisotopic (exact) mass is 437 g/mol. The Hall–Kier alpha value is -1.57. The van der Waals surface area contributed by atoms with Gasteiger partial charge >= 0.3 is 0 Å². The Balaban J connectivity index is 1.33. The maximum absolute atomic E-state index is 13.6. The van der Waals surface area contributed by atoms with Gasteiger partial charge in [0.05, 0.1) is 22.7 Å². The lowest BCUT2D eigenvalue weighted by Gasteiger charge is -2.38. The summed E-state index contributed by atoms with van der Waals surface area (Å²) in [6.45, 7) is 4.01. The minimum Gasteiger partial charge on any atom is -0.381 e. The van der Waals surface area contributed by atoms with Crippen LogP contribution in [0.1, 0.15) is 37.7 Å². The average molecular weight is 438 g/mol. The van der Waals surface area contributed by atoms with Crippen LogP contribution < -0.4 is 5.32 Å². The molecule has 3 heterocycles. The van der Waals surface area contributed by atoms with Crippen molar-refractivity contribution >= 4 is 10.0 Å². The number of piperidine rings is 1. The van der Waals surface area contributed by atoms with Crippen LogP contribution in [0.3, 0.4) is 0 Å². The van der Waals surface area contributed by atoms with Gasteiger partial charge in [0.15, 0.2) is 0 Å². The maximum atomic E-state index is 13.6. The van der Waals surface area contributed by atoms with Gasteiger partial charge in [0.25, 0.3) is 0 Å². The number of nitrogens with zero attached hydrogens (tertiary/aromatic N) is 2. The number of ether oxygens (including phenoxy) is 2. The van der Waals surface area contributed by atoms with E-state index in [0.29, 0.717) is 44.5 Å². The lowest BCUT2D eigenvalue weighted by molar-refractivity contribution is -0.0312. The fourth-order valence-corrected chi connectivity index (χ4v) is 6.11. The van der Waals surface area contributed by atoms with Gasteiger partial charge in [0.2, 0.25) is 10.0 Å². The predicted octanol–water partition coefficient (Wildman–Crippen LogP) is 2.03. The Morgan fingerprint density at radius 2 is 2.00 bits per heavy atom. The van der Waals surface area contributed by atoms with Gasteiger partial charge < -0.3 is 14.8 Å². The molecule has 3 aliphatic rings. The van der Waals surface area contributed by atoms with Crippen LogP contribution in [0.25, 0.3) is 0 Å². The van der Waals surface area contributed by atoms with Gasteiger partial charge in [-0.1, -0.05) is 0 Å². The summed E-state index contributed by atoms with van der Waals surface area (Å²) >= 11 is 0. The summed E-state index contributed by atoms with van der Waals surface area (Å²) in [7, 11) is -3.76. The third kappa shape index (κ3) is 4.53. The summed E-state index contributed by atoms with van der Waals surface area (Å²) in [6.07, 6.45) is 4.34. The molecule has 0 saturated carbocycles. The fourth-order valence-electron chi connectivity index (χ4n) is 4.64. The second-order valence-electron chi connectivity index (χ2n) is 8.52. The summed E-state index contributed by atoms with van der Waals surface area (Å²) in [6, 6.07) is 5.36.